The van der Waals surface area contributed by atoms with Gasteiger partial charge in [-0.2, -0.15) is 0 Å². The minimum absolute atomic E-state index is 0.0613. The first-order chi connectivity index (χ1) is 9.77. The van der Waals surface area contributed by atoms with Gasteiger partial charge in [0.1, 0.15) is 5.54 Å². The van der Waals surface area contributed by atoms with Crippen LogP contribution in [0.15, 0.2) is 18.2 Å². The molecule has 1 aromatic carbocycles. The second-order valence-corrected chi connectivity index (χ2v) is 5.47. The van der Waals surface area contributed by atoms with Crippen LogP contribution in [-0.2, 0) is 4.79 Å². The Morgan fingerprint density at radius 2 is 2.14 bits per heavy atom. The van der Waals surface area contributed by atoms with Crippen LogP contribution in [0.1, 0.15) is 30.1 Å². The van der Waals surface area contributed by atoms with Crippen LogP contribution in [-0.4, -0.2) is 38.9 Å². The number of carboxylic acid groups (broad SMARTS) is 1. The maximum Gasteiger partial charge on any atom is 0.329 e. The molecule has 1 aliphatic heterocycles. The van der Waals surface area contributed by atoms with Crippen molar-refractivity contribution in [3.63, 3.8) is 0 Å². The lowest BCUT2D eigenvalue weighted by atomic mass is 9.98. The molecule has 0 spiro atoms. The zero-order valence-corrected chi connectivity index (χ0v) is 12.0. The van der Waals surface area contributed by atoms with Crippen molar-refractivity contribution in [2.24, 2.45) is 0 Å². The minimum atomic E-state index is -1.28. The van der Waals surface area contributed by atoms with Crippen molar-refractivity contribution in [1.29, 1.82) is 0 Å². The molecule has 1 aliphatic rings. The normalized spacial score (nSPS) is 21.3. The van der Waals surface area contributed by atoms with E-state index in [2.05, 4.69) is 0 Å². The Balaban J connectivity index is 2.36. The molecule has 1 heterocycles. The summed E-state index contributed by atoms with van der Waals surface area (Å²) >= 11 is 5.92. The summed E-state index contributed by atoms with van der Waals surface area (Å²) in [5, 5.41) is 19.9. The lowest BCUT2D eigenvalue weighted by Gasteiger charge is -2.31. The fraction of sp³-hybridized carbons (Fsp3) is 0.385. The number of carboxylic acids is 1. The van der Waals surface area contributed by atoms with Gasteiger partial charge in [-0.05, 0) is 25.8 Å². The third-order valence-electron chi connectivity index (χ3n) is 3.74. The van der Waals surface area contributed by atoms with E-state index in [9.17, 15) is 24.8 Å². The Labute approximate surface area is 125 Å². The maximum atomic E-state index is 12.5. The molecule has 1 aromatic rings. The van der Waals surface area contributed by atoms with Gasteiger partial charge in [0.15, 0.2) is 0 Å². The van der Waals surface area contributed by atoms with E-state index >= 15 is 0 Å². The minimum Gasteiger partial charge on any atom is -0.480 e. The van der Waals surface area contributed by atoms with Gasteiger partial charge in [0, 0.05) is 18.7 Å². The Hall–Kier alpha value is -2.15. The van der Waals surface area contributed by atoms with E-state index in [4.69, 9.17) is 11.6 Å². The molecule has 112 valence electrons. The van der Waals surface area contributed by atoms with Crippen LogP contribution < -0.4 is 0 Å². The lowest BCUT2D eigenvalue weighted by Crippen LogP contribution is -2.50. The largest absolute Gasteiger partial charge is 0.480 e. The van der Waals surface area contributed by atoms with Crippen LogP contribution >= 0.6 is 11.6 Å². The van der Waals surface area contributed by atoms with E-state index in [-0.39, 0.29) is 16.3 Å². The molecule has 1 saturated heterocycles. The smallest absolute Gasteiger partial charge is 0.329 e. The summed E-state index contributed by atoms with van der Waals surface area (Å²) in [5.41, 5.74) is -1.43. The Morgan fingerprint density at radius 1 is 1.48 bits per heavy atom. The first-order valence-corrected chi connectivity index (χ1v) is 6.64. The molecule has 0 saturated carbocycles. The van der Waals surface area contributed by atoms with Crippen LogP contribution in [0.25, 0.3) is 0 Å². The number of carbonyl (C=O) groups is 2. The average molecular weight is 313 g/mol. The fourth-order valence-electron chi connectivity index (χ4n) is 2.45. The van der Waals surface area contributed by atoms with Crippen LogP contribution in [0.5, 0.6) is 0 Å². The predicted octanol–water partition coefficient (Wildman–Crippen LogP) is 2.33. The molecule has 0 radical (unpaired) electrons. The zero-order valence-electron chi connectivity index (χ0n) is 11.2. The van der Waals surface area contributed by atoms with Gasteiger partial charge in [-0.15, -0.1) is 0 Å². The zero-order chi connectivity index (χ0) is 15.8. The number of nitro benzene ring substituents is 1. The number of nitrogens with zero attached hydrogens (tertiary/aromatic N) is 2. The van der Waals surface area contributed by atoms with Gasteiger partial charge in [-0.3, -0.25) is 14.9 Å². The standard InChI is InChI=1S/C13H13ClN2O5/c1-13(12(18)19)5-2-6-15(13)11(17)9-4-3-8(16(20)21)7-10(9)14/h3-4,7H,2,5-6H2,1H3,(H,18,19). The highest BCUT2D eigenvalue weighted by molar-refractivity contribution is 6.34. The van der Waals surface area contributed by atoms with Gasteiger partial charge in [0.2, 0.25) is 0 Å². The van der Waals surface area contributed by atoms with Crippen LogP contribution in [0.4, 0.5) is 5.69 Å². The van der Waals surface area contributed by atoms with E-state index < -0.39 is 22.3 Å². The molecule has 1 atom stereocenters. The van der Waals surface area contributed by atoms with Crippen molar-refractivity contribution in [3.05, 3.63) is 38.9 Å². The molecule has 2 rings (SSSR count). The molecule has 0 aromatic heterocycles. The summed E-state index contributed by atoms with van der Waals surface area (Å²) in [4.78, 5) is 35.2. The average Bonchev–Trinajstić information content (AvgIpc) is 2.81. The summed E-state index contributed by atoms with van der Waals surface area (Å²) in [7, 11) is 0. The van der Waals surface area contributed by atoms with E-state index in [0.29, 0.717) is 19.4 Å². The second kappa shape index (κ2) is 5.33. The first kappa shape index (κ1) is 15.2. The molecule has 0 aliphatic carbocycles. The van der Waals surface area contributed by atoms with Crippen molar-refractivity contribution >= 4 is 29.2 Å². The number of non-ortho nitro benzene ring substituents is 1. The van der Waals surface area contributed by atoms with Crippen LogP contribution in [0, 0.1) is 10.1 Å². The summed E-state index contributed by atoms with van der Waals surface area (Å²) < 4.78 is 0. The van der Waals surface area contributed by atoms with Gasteiger partial charge in [0.25, 0.3) is 11.6 Å². The van der Waals surface area contributed by atoms with Gasteiger partial charge < -0.3 is 10.0 Å². The maximum absolute atomic E-state index is 12.5. The number of rotatable bonds is 3. The van der Waals surface area contributed by atoms with Gasteiger partial charge in [0.05, 0.1) is 15.5 Å². The van der Waals surface area contributed by atoms with Crippen LogP contribution in [0.2, 0.25) is 5.02 Å². The van der Waals surface area contributed by atoms with E-state index in [1.54, 1.807) is 0 Å². The number of hydrogen-bond acceptors (Lipinski definition) is 4. The highest BCUT2D eigenvalue weighted by Crippen LogP contribution is 2.33. The Morgan fingerprint density at radius 3 is 2.67 bits per heavy atom. The molecular formula is C13H13ClN2O5. The molecule has 1 N–H and O–H groups in total. The van der Waals surface area contributed by atoms with E-state index in [0.717, 1.165) is 6.07 Å². The molecule has 8 heteroatoms. The van der Waals surface area contributed by atoms with E-state index in [1.165, 1.54) is 24.0 Å². The van der Waals surface area contributed by atoms with Crippen molar-refractivity contribution in [3.8, 4) is 0 Å². The first-order valence-electron chi connectivity index (χ1n) is 6.26. The number of amides is 1. The third kappa shape index (κ3) is 2.56. The Kier molecular flexibility index (Phi) is 3.87. The quantitative estimate of drug-likeness (QED) is 0.682. The summed E-state index contributed by atoms with van der Waals surface area (Å²) in [5.74, 6) is -1.61. The summed E-state index contributed by atoms with van der Waals surface area (Å²) in [6, 6.07) is 3.51. The third-order valence-corrected chi connectivity index (χ3v) is 4.05. The van der Waals surface area contributed by atoms with Crippen LogP contribution in [0.3, 0.4) is 0 Å². The van der Waals surface area contributed by atoms with Gasteiger partial charge in [-0.25, -0.2) is 4.79 Å². The lowest BCUT2D eigenvalue weighted by molar-refractivity contribution is -0.384. The number of likely N-dealkylation sites (tertiary alicyclic amines) is 1. The number of carbonyl (C=O) groups excluding carboxylic acids is 1. The number of halogens is 1. The molecule has 1 unspecified atom stereocenters. The summed E-state index contributed by atoms with van der Waals surface area (Å²) in [6.07, 6.45) is 0.942. The highest BCUT2D eigenvalue weighted by Gasteiger charge is 2.46. The van der Waals surface area contributed by atoms with Crippen molar-refractivity contribution in [1.82, 2.24) is 4.90 Å². The molecular weight excluding hydrogens is 300 g/mol. The molecule has 7 nitrogen and oxygen atoms in total. The van der Waals surface area contributed by atoms with Crippen molar-refractivity contribution in [2.75, 3.05) is 6.54 Å². The van der Waals surface area contributed by atoms with Crippen molar-refractivity contribution in [2.45, 2.75) is 25.3 Å². The topological polar surface area (TPSA) is 101 Å². The van der Waals surface area contributed by atoms with Crippen molar-refractivity contribution < 1.29 is 19.6 Å². The number of hydrogen-bond donors (Lipinski definition) is 1. The Bertz CT molecular complexity index is 633. The van der Waals surface area contributed by atoms with Gasteiger partial charge in [-0.1, -0.05) is 11.6 Å². The number of benzene rings is 1. The number of aliphatic carboxylic acids is 1. The molecule has 1 fully saturated rings. The monoisotopic (exact) mass is 312 g/mol. The number of nitro groups is 1. The highest BCUT2D eigenvalue weighted by atomic mass is 35.5. The van der Waals surface area contributed by atoms with Gasteiger partial charge >= 0.3 is 5.97 Å². The molecule has 0 bridgehead atoms. The van der Waals surface area contributed by atoms with E-state index in [1.807, 2.05) is 0 Å². The second-order valence-electron chi connectivity index (χ2n) is 5.06. The fourth-order valence-corrected chi connectivity index (χ4v) is 2.70. The molecule has 21 heavy (non-hydrogen) atoms. The predicted molar refractivity (Wildman–Crippen MR) is 74.4 cm³/mol. The molecule has 1 amide bonds. The summed E-state index contributed by atoms with van der Waals surface area (Å²) in [6.45, 7) is 1.80. The SMILES string of the molecule is CC1(C(=O)O)CCCN1C(=O)c1ccc([N+](=O)[O-])cc1Cl.